The number of hydrogen-bond donors (Lipinski definition) is 0. The van der Waals surface area contributed by atoms with Gasteiger partial charge in [0.15, 0.2) is 0 Å². The van der Waals surface area contributed by atoms with Crippen molar-refractivity contribution in [1.29, 1.82) is 0 Å². The molecule has 0 aliphatic rings. The Hall–Kier alpha value is -1.51. The van der Waals surface area contributed by atoms with E-state index in [2.05, 4.69) is 39.0 Å². The summed E-state index contributed by atoms with van der Waals surface area (Å²) in [7, 11) is 1.68. The molecule has 2 heterocycles. The van der Waals surface area contributed by atoms with Crippen LogP contribution in [0.15, 0.2) is 18.3 Å². The van der Waals surface area contributed by atoms with E-state index in [1.165, 1.54) is 11.4 Å². The Labute approximate surface area is 109 Å². The summed E-state index contributed by atoms with van der Waals surface area (Å²) in [6.07, 6.45) is 2.05. The molecule has 0 atom stereocenters. The molecular formula is C15H22N2O. The van der Waals surface area contributed by atoms with Crippen molar-refractivity contribution in [3.63, 3.8) is 0 Å². The van der Waals surface area contributed by atoms with Gasteiger partial charge in [0.2, 0.25) is 0 Å². The second kappa shape index (κ2) is 4.30. The minimum atomic E-state index is 0.0770. The lowest BCUT2D eigenvalue weighted by atomic mass is 9.88. The van der Waals surface area contributed by atoms with Crippen LogP contribution in [0.2, 0.25) is 0 Å². The third-order valence-corrected chi connectivity index (χ3v) is 3.12. The molecule has 0 spiro atoms. The minimum absolute atomic E-state index is 0.0770. The Morgan fingerprint density at radius 3 is 2.44 bits per heavy atom. The molecule has 0 fully saturated rings. The van der Waals surface area contributed by atoms with E-state index in [4.69, 9.17) is 9.72 Å². The van der Waals surface area contributed by atoms with E-state index in [1.807, 2.05) is 18.3 Å². The van der Waals surface area contributed by atoms with Gasteiger partial charge < -0.3 is 9.14 Å². The van der Waals surface area contributed by atoms with E-state index < -0.39 is 0 Å². The molecule has 0 saturated carbocycles. The maximum absolute atomic E-state index is 5.26. The van der Waals surface area contributed by atoms with Gasteiger partial charge in [0.1, 0.15) is 11.4 Å². The molecule has 0 aliphatic heterocycles. The Morgan fingerprint density at radius 2 is 1.94 bits per heavy atom. The summed E-state index contributed by atoms with van der Waals surface area (Å²) in [4.78, 5) is 4.77. The van der Waals surface area contributed by atoms with E-state index in [-0.39, 0.29) is 5.41 Å². The van der Waals surface area contributed by atoms with Crippen LogP contribution in [0.4, 0.5) is 0 Å². The molecule has 3 nitrogen and oxygen atoms in total. The third-order valence-electron chi connectivity index (χ3n) is 3.12. The molecule has 0 aromatic carbocycles. The van der Waals surface area contributed by atoms with Gasteiger partial charge in [-0.3, -0.25) is 0 Å². The minimum Gasteiger partial charge on any atom is -0.497 e. The van der Waals surface area contributed by atoms with Crippen molar-refractivity contribution < 1.29 is 4.74 Å². The number of rotatable bonds is 2. The zero-order valence-electron chi connectivity index (χ0n) is 12.1. The topological polar surface area (TPSA) is 26.5 Å². The van der Waals surface area contributed by atoms with Gasteiger partial charge in [-0.25, -0.2) is 4.98 Å². The van der Waals surface area contributed by atoms with Gasteiger partial charge in [-0.1, -0.05) is 34.6 Å². The van der Waals surface area contributed by atoms with Gasteiger partial charge in [-0.2, -0.15) is 0 Å². The molecule has 18 heavy (non-hydrogen) atoms. The Morgan fingerprint density at radius 1 is 1.28 bits per heavy atom. The van der Waals surface area contributed by atoms with Crippen LogP contribution in [-0.4, -0.2) is 16.5 Å². The normalized spacial score (nSPS) is 12.4. The Bertz CT molecular complexity index is 562. The van der Waals surface area contributed by atoms with Gasteiger partial charge >= 0.3 is 0 Å². The summed E-state index contributed by atoms with van der Waals surface area (Å²) in [6.45, 7) is 11.1. The van der Waals surface area contributed by atoms with Crippen molar-refractivity contribution in [2.75, 3.05) is 7.11 Å². The molecule has 0 bridgehead atoms. The molecule has 0 aliphatic carbocycles. The predicted octanol–water partition coefficient (Wildman–Crippen LogP) is 3.76. The monoisotopic (exact) mass is 246 g/mol. The third kappa shape index (κ3) is 2.09. The maximum atomic E-state index is 5.26. The molecule has 0 N–H and O–H groups in total. The molecule has 2 aromatic heterocycles. The number of pyridine rings is 1. The van der Waals surface area contributed by atoms with Gasteiger partial charge in [-0.05, 0) is 12.0 Å². The lowest BCUT2D eigenvalue weighted by Gasteiger charge is -2.21. The first kappa shape index (κ1) is 12.9. The number of methoxy groups -OCH3 is 1. The molecule has 2 aromatic rings. The second-order valence-corrected chi connectivity index (χ2v) is 6.05. The number of hydrogen-bond acceptors (Lipinski definition) is 2. The summed E-state index contributed by atoms with van der Waals surface area (Å²) in [6, 6.07) is 3.97. The fraction of sp³-hybridized carbons (Fsp3) is 0.533. The average molecular weight is 246 g/mol. The van der Waals surface area contributed by atoms with Crippen LogP contribution in [0, 0.1) is 0 Å². The molecule has 98 valence electrons. The van der Waals surface area contributed by atoms with Crippen LogP contribution in [0.1, 0.15) is 51.9 Å². The van der Waals surface area contributed by atoms with Gasteiger partial charge in [0, 0.05) is 17.7 Å². The molecule has 0 radical (unpaired) electrons. The first-order valence-electron chi connectivity index (χ1n) is 6.41. The Kier molecular flexibility index (Phi) is 3.09. The van der Waals surface area contributed by atoms with Crippen LogP contribution < -0.4 is 4.74 Å². The zero-order valence-corrected chi connectivity index (χ0v) is 12.1. The van der Waals surface area contributed by atoms with E-state index >= 15 is 0 Å². The first-order chi connectivity index (χ1) is 8.34. The van der Waals surface area contributed by atoms with Crippen molar-refractivity contribution >= 4 is 5.65 Å². The van der Waals surface area contributed by atoms with Crippen molar-refractivity contribution in [3.05, 3.63) is 29.7 Å². The average Bonchev–Trinajstić information content (AvgIpc) is 2.66. The number of fused-ring (bicyclic) bond motifs is 1. The number of nitrogens with zero attached hydrogens (tertiary/aromatic N) is 2. The first-order valence-corrected chi connectivity index (χ1v) is 6.41. The molecule has 2 rings (SSSR count). The van der Waals surface area contributed by atoms with Gasteiger partial charge in [-0.15, -0.1) is 0 Å². The van der Waals surface area contributed by atoms with Gasteiger partial charge in [0.25, 0.3) is 0 Å². The van der Waals surface area contributed by atoms with Crippen molar-refractivity contribution in [2.45, 2.75) is 46.0 Å². The Balaban J connectivity index is 2.76. The fourth-order valence-electron chi connectivity index (χ4n) is 2.32. The SMILES string of the molecule is COc1ccn2c(C(C)(C)C)c(C(C)C)nc2c1. The number of ether oxygens (including phenoxy) is 1. The maximum Gasteiger partial charge on any atom is 0.140 e. The quantitative estimate of drug-likeness (QED) is 0.806. The van der Waals surface area contributed by atoms with Crippen LogP contribution in [0.5, 0.6) is 5.75 Å². The molecule has 0 unspecified atom stereocenters. The lowest BCUT2D eigenvalue weighted by molar-refractivity contribution is 0.414. The summed E-state index contributed by atoms with van der Waals surface area (Å²) < 4.78 is 7.44. The highest BCUT2D eigenvalue weighted by molar-refractivity contribution is 5.50. The fourth-order valence-corrected chi connectivity index (χ4v) is 2.32. The highest BCUT2D eigenvalue weighted by Crippen LogP contribution is 2.32. The molecule has 0 amide bonds. The van der Waals surface area contributed by atoms with Crippen LogP contribution >= 0.6 is 0 Å². The van der Waals surface area contributed by atoms with Crippen molar-refractivity contribution in [3.8, 4) is 5.75 Å². The largest absolute Gasteiger partial charge is 0.497 e. The van der Waals surface area contributed by atoms with Crippen LogP contribution in [0.3, 0.4) is 0 Å². The van der Waals surface area contributed by atoms with E-state index in [0.29, 0.717) is 5.92 Å². The number of aromatic nitrogens is 2. The smallest absolute Gasteiger partial charge is 0.140 e. The summed E-state index contributed by atoms with van der Waals surface area (Å²) in [5, 5.41) is 0. The summed E-state index contributed by atoms with van der Waals surface area (Å²) >= 11 is 0. The molecular weight excluding hydrogens is 224 g/mol. The molecule has 3 heteroatoms. The molecule has 0 saturated heterocycles. The van der Waals surface area contributed by atoms with E-state index in [0.717, 1.165) is 11.4 Å². The standard InChI is InChI=1S/C15H22N2O/c1-10(2)13-14(15(3,4)5)17-8-7-11(18-6)9-12(17)16-13/h7-10H,1-6H3. The highest BCUT2D eigenvalue weighted by Gasteiger charge is 2.25. The van der Waals surface area contributed by atoms with E-state index in [1.54, 1.807) is 7.11 Å². The summed E-state index contributed by atoms with van der Waals surface area (Å²) in [5.41, 5.74) is 3.50. The van der Waals surface area contributed by atoms with Gasteiger partial charge in [0.05, 0.1) is 18.5 Å². The van der Waals surface area contributed by atoms with Crippen molar-refractivity contribution in [2.24, 2.45) is 0 Å². The second-order valence-electron chi connectivity index (χ2n) is 6.05. The highest BCUT2D eigenvalue weighted by atomic mass is 16.5. The lowest BCUT2D eigenvalue weighted by Crippen LogP contribution is -2.17. The summed E-state index contributed by atoms with van der Waals surface area (Å²) in [5.74, 6) is 1.27. The van der Waals surface area contributed by atoms with Crippen molar-refractivity contribution in [1.82, 2.24) is 9.38 Å². The number of imidazole rings is 1. The van der Waals surface area contributed by atoms with E-state index in [9.17, 15) is 0 Å². The van der Waals surface area contributed by atoms with Crippen LogP contribution in [-0.2, 0) is 5.41 Å². The van der Waals surface area contributed by atoms with Crippen LogP contribution in [0.25, 0.3) is 5.65 Å². The zero-order chi connectivity index (χ0) is 13.5. The predicted molar refractivity (Wildman–Crippen MR) is 74.5 cm³/mol.